The third-order valence-corrected chi connectivity index (χ3v) is 2.25. The first-order valence-corrected chi connectivity index (χ1v) is 4.68. The van der Waals surface area contributed by atoms with E-state index >= 15 is 0 Å². The molecule has 1 heterocycles. The minimum atomic E-state index is 0.836. The summed E-state index contributed by atoms with van der Waals surface area (Å²) in [5, 5.41) is 4.34. The van der Waals surface area contributed by atoms with Gasteiger partial charge in [-0.1, -0.05) is 24.3 Å². The van der Waals surface area contributed by atoms with Crippen LogP contribution >= 0.6 is 0 Å². The first-order chi connectivity index (χ1) is 6.79. The van der Waals surface area contributed by atoms with E-state index in [1.54, 1.807) is 0 Å². The van der Waals surface area contributed by atoms with Crippen LogP contribution in [0.1, 0.15) is 5.56 Å². The van der Waals surface area contributed by atoms with E-state index in [4.69, 9.17) is 0 Å². The molecule has 1 aromatic heterocycles. The van der Waals surface area contributed by atoms with Crippen LogP contribution in [0.5, 0.6) is 0 Å². The van der Waals surface area contributed by atoms with Crippen LogP contribution in [0.3, 0.4) is 0 Å². The smallest absolute Gasteiger partial charge is 0.0923 e. The van der Waals surface area contributed by atoms with Crippen molar-refractivity contribution in [3.05, 3.63) is 49.0 Å². The van der Waals surface area contributed by atoms with Gasteiger partial charge < -0.3 is 0 Å². The van der Waals surface area contributed by atoms with E-state index in [1.165, 1.54) is 5.56 Å². The maximum absolute atomic E-state index is 4.34. The summed E-state index contributed by atoms with van der Waals surface area (Å²) in [5.41, 5.74) is 3.43. The van der Waals surface area contributed by atoms with Gasteiger partial charge in [-0.3, -0.25) is 4.68 Å². The summed E-state index contributed by atoms with van der Waals surface area (Å²) in [7, 11) is 1.92. The predicted molar refractivity (Wildman–Crippen MR) is 57.7 cm³/mol. The lowest BCUT2D eigenvalue weighted by molar-refractivity contribution is 0.771. The minimum Gasteiger partial charge on any atom is -0.275 e. The van der Waals surface area contributed by atoms with E-state index in [9.17, 15) is 0 Å². The summed E-state index contributed by atoms with van der Waals surface area (Å²) in [6.45, 7) is 3.84. The van der Waals surface area contributed by atoms with Crippen LogP contribution in [0.4, 0.5) is 0 Å². The molecule has 0 aliphatic carbocycles. The first-order valence-electron chi connectivity index (χ1n) is 4.68. The van der Waals surface area contributed by atoms with Gasteiger partial charge >= 0.3 is 0 Å². The molecule has 0 fully saturated rings. The van der Waals surface area contributed by atoms with Gasteiger partial charge in [0.2, 0.25) is 0 Å². The number of nitrogens with zero attached hydrogens (tertiary/aromatic N) is 2. The van der Waals surface area contributed by atoms with Gasteiger partial charge in [-0.2, -0.15) is 5.10 Å². The molecule has 2 nitrogen and oxygen atoms in total. The molecule has 2 rings (SSSR count). The molecule has 0 aliphatic rings. The van der Waals surface area contributed by atoms with Gasteiger partial charge in [-0.05, 0) is 25.0 Å². The molecule has 0 atom stereocenters. The Hall–Kier alpha value is -1.57. The van der Waals surface area contributed by atoms with Crippen LogP contribution in [-0.4, -0.2) is 9.78 Å². The molecule has 0 unspecified atom stereocenters. The summed E-state index contributed by atoms with van der Waals surface area (Å²) >= 11 is 0. The van der Waals surface area contributed by atoms with Gasteiger partial charge in [-0.15, -0.1) is 0 Å². The Bertz CT molecular complexity index is 412. The van der Waals surface area contributed by atoms with Gasteiger partial charge in [0.05, 0.1) is 5.69 Å². The van der Waals surface area contributed by atoms with Crippen molar-refractivity contribution in [1.29, 1.82) is 0 Å². The van der Waals surface area contributed by atoms with Crippen molar-refractivity contribution in [3.8, 4) is 11.3 Å². The van der Waals surface area contributed by atoms with E-state index in [2.05, 4.69) is 36.3 Å². The number of hydrogen-bond acceptors (Lipinski definition) is 1. The van der Waals surface area contributed by atoms with Crippen molar-refractivity contribution in [2.75, 3.05) is 0 Å². The van der Waals surface area contributed by atoms with Gasteiger partial charge in [-0.25, -0.2) is 0 Å². The maximum Gasteiger partial charge on any atom is 0.0923 e. The van der Waals surface area contributed by atoms with Gasteiger partial charge in [0, 0.05) is 18.8 Å². The average molecular weight is 185 g/mol. The molecule has 0 amide bonds. The Morgan fingerprint density at radius 3 is 2.43 bits per heavy atom. The third-order valence-electron chi connectivity index (χ3n) is 2.25. The molecular formula is C12H13N2. The Kier molecular flexibility index (Phi) is 2.35. The molecule has 2 heteroatoms. The normalized spacial score (nSPS) is 10.4. The lowest BCUT2D eigenvalue weighted by Crippen LogP contribution is -1.88. The molecular weight excluding hydrogens is 172 g/mol. The fraction of sp³-hybridized carbons (Fsp3) is 0.167. The highest BCUT2D eigenvalue weighted by molar-refractivity contribution is 5.58. The van der Waals surface area contributed by atoms with E-state index in [0.29, 0.717) is 0 Å². The molecule has 2 aromatic rings. The lowest BCUT2D eigenvalue weighted by Gasteiger charge is -1.98. The number of hydrogen-bond donors (Lipinski definition) is 0. The molecule has 0 saturated heterocycles. The molecule has 0 N–H and O–H groups in total. The molecule has 1 aromatic carbocycles. The van der Waals surface area contributed by atoms with Gasteiger partial charge in [0.15, 0.2) is 0 Å². The number of aryl methyl sites for hydroxylation is 1. The average Bonchev–Trinajstić information content (AvgIpc) is 2.65. The first kappa shape index (κ1) is 9.00. The monoisotopic (exact) mass is 185 g/mol. The van der Waals surface area contributed by atoms with E-state index in [0.717, 1.165) is 17.7 Å². The standard InChI is InChI=1S/C12H13N2/c1-3-10-4-6-11(7-5-10)12-8-9-14(2)13-12/h4-9H,1,3H2,2H3. The molecule has 0 spiro atoms. The summed E-state index contributed by atoms with van der Waals surface area (Å²) < 4.78 is 1.81. The zero-order valence-corrected chi connectivity index (χ0v) is 8.27. The summed E-state index contributed by atoms with van der Waals surface area (Å²) in [6.07, 6.45) is 2.78. The molecule has 0 bridgehead atoms. The van der Waals surface area contributed by atoms with Crippen molar-refractivity contribution < 1.29 is 0 Å². The summed E-state index contributed by atoms with van der Waals surface area (Å²) in [6, 6.07) is 10.4. The van der Waals surface area contributed by atoms with E-state index in [1.807, 2.05) is 24.0 Å². The summed E-state index contributed by atoms with van der Waals surface area (Å²) in [5.74, 6) is 0. The number of benzene rings is 1. The predicted octanol–water partition coefficient (Wildman–Crippen LogP) is 2.46. The highest BCUT2D eigenvalue weighted by Gasteiger charge is 1.99. The molecule has 14 heavy (non-hydrogen) atoms. The highest BCUT2D eigenvalue weighted by atomic mass is 15.2. The van der Waals surface area contributed by atoms with Crippen molar-refractivity contribution in [3.63, 3.8) is 0 Å². The van der Waals surface area contributed by atoms with Gasteiger partial charge in [0.1, 0.15) is 0 Å². The zero-order valence-electron chi connectivity index (χ0n) is 8.27. The topological polar surface area (TPSA) is 17.8 Å². The molecule has 0 saturated carbocycles. The number of rotatable bonds is 2. The quantitative estimate of drug-likeness (QED) is 0.702. The molecule has 71 valence electrons. The van der Waals surface area contributed by atoms with Crippen LogP contribution in [0.15, 0.2) is 36.5 Å². The molecule has 0 aliphatic heterocycles. The minimum absolute atomic E-state index is 0.836. The van der Waals surface area contributed by atoms with Crippen LogP contribution in [0, 0.1) is 6.92 Å². The van der Waals surface area contributed by atoms with E-state index < -0.39 is 0 Å². The largest absolute Gasteiger partial charge is 0.275 e. The Labute approximate surface area is 84.2 Å². The second kappa shape index (κ2) is 3.66. The van der Waals surface area contributed by atoms with Gasteiger partial charge in [0.25, 0.3) is 0 Å². The van der Waals surface area contributed by atoms with Crippen molar-refractivity contribution >= 4 is 0 Å². The van der Waals surface area contributed by atoms with Crippen LogP contribution in [0.2, 0.25) is 0 Å². The van der Waals surface area contributed by atoms with Crippen molar-refractivity contribution in [2.24, 2.45) is 7.05 Å². The maximum atomic E-state index is 4.34. The number of aromatic nitrogens is 2. The Balaban J connectivity index is 2.33. The van der Waals surface area contributed by atoms with Crippen molar-refractivity contribution in [2.45, 2.75) is 6.42 Å². The lowest BCUT2D eigenvalue weighted by atomic mass is 10.1. The Morgan fingerprint density at radius 1 is 1.21 bits per heavy atom. The third kappa shape index (κ3) is 1.69. The second-order valence-corrected chi connectivity index (χ2v) is 3.32. The summed E-state index contributed by atoms with van der Waals surface area (Å²) in [4.78, 5) is 0. The second-order valence-electron chi connectivity index (χ2n) is 3.32. The highest BCUT2D eigenvalue weighted by Crippen LogP contribution is 2.17. The van der Waals surface area contributed by atoms with Crippen molar-refractivity contribution in [1.82, 2.24) is 9.78 Å². The SMILES string of the molecule is [CH2]Cc1ccc(-c2ccn(C)n2)cc1. The zero-order chi connectivity index (χ0) is 9.97. The van der Waals surface area contributed by atoms with Crippen LogP contribution < -0.4 is 0 Å². The van der Waals surface area contributed by atoms with Crippen LogP contribution in [-0.2, 0) is 13.5 Å². The molecule has 1 radical (unpaired) electrons. The van der Waals surface area contributed by atoms with E-state index in [-0.39, 0.29) is 0 Å². The van der Waals surface area contributed by atoms with Crippen LogP contribution in [0.25, 0.3) is 11.3 Å². The fourth-order valence-corrected chi connectivity index (χ4v) is 1.41. The fourth-order valence-electron chi connectivity index (χ4n) is 1.41. The Morgan fingerprint density at radius 2 is 1.93 bits per heavy atom.